The van der Waals surface area contributed by atoms with Crippen LogP contribution in [-0.4, -0.2) is 29.8 Å². The number of rotatable bonds is 3. The van der Waals surface area contributed by atoms with Crippen LogP contribution in [-0.2, 0) is 6.54 Å². The van der Waals surface area contributed by atoms with Gasteiger partial charge in [0.15, 0.2) is 11.1 Å². The first-order valence-electron chi connectivity index (χ1n) is 5.99. The van der Waals surface area contributed by atoms with Gasteiger partial charge >= 0.3 is 0 Å². The predicted molar refractivity (Wildman–Crippen MR) is 71.4 cm³/mol. The fourth-order valence-corrected chi connectivity index (χ4v) is 1.86. The van der Waals surface area contributed by atoms with Crippen molar-refractivity contribution in [2.45, 2.75) is 6.54 Å². The van der Waals surface area contributed by atoms with Gasteiger partial charge in [0.1, 0.15) is 11.8 Å². The molecule has 0 radical (unpaired) electrons. The summed E-state index contributed by atoms with van der Waals surface area (Å²) < 4.78 is 0.802. The number of hydrogen-bond donors (Lipinski definition) is 2. The number of hydrogen-bond acceptors (Lipinski definition) is 6. The lowest BCUT2D eigenvalue weighted by Crippen LogP contribution is -2.13. The SMILES string of the molecule is O=[N+]([O-])c1ccc(CN=c2ncn(O)c3nc[nH]c23)cc1. The first kappa shape index (κ1) is 12.8. The molecule has 0 spiro atoms. The normalized spacial score (nSPS) is 11.9. The highest BCUT2D eigenvalue weighted by molar-refractivity contribution is 5.67. The van der Waals surface area contributed by atoms with Gasteiger partial charge in [0.2, 0.25) is 0 Å². The average molecular weight is 286 g/mol. The summed E-state index contributed by atoms with van der Waals surface area (Å²) in [6.45, 7) is 0.314. The Labute approximate surface area is 117 Å². The highest BCUT2D eigenvalue weighted by Gasteiger charge is 2.05. The minimum absolute atomic E-state index is 0.0360. The Morgan fingerprint density at radius 2 is 2.10 bits per heavy atom. The van der Waals surface area contributed by atoms with Gasteiger partial charge in [0.05, 0.1) is 17.8 Å². The molecule has 2 aromatic heterocycles. The molecule has 0 atom stereocenters. The molecule has 9 nitrogen and oxygen atoms in total. The highest BCUT2D eigenvalue weighted by atomic mass is 16.6. The maximum Gasteiger partial charge on any atom is 0.269 e. The van der Waals surface area contributed by atoms with Gasteiger partial charge in [0.25, 0.3) is 5.69 Å². The van der Waals surface area contributed by atoms with Crippen LogP contribution in [0.3, 0.4) is 0 Å². The number of H-pyrrole nitrogens is 1. The Balaban J connectivity index is 1.93. The molecule has 0 unspecified atom stereocenters. The Hall–Kier alpha value is -3.23. The largest absolute Gasteiger partial charge is 0.425 e. The van der Waals surface area contributed by atoms with E-state index in [0.717, 1.165) is 10.3 Å². The molecule has 3 aromatic rings. The van der Waals surface area contributed by atoms with Gasteiger partial charge in [-0.25, -0.2) is 9.97 Å². The van der Waals surface area contributed by atoms with Crippen LogP contribution in [0, 0.1) is 10.1 Å². The van der Waals surface area contributed by atoms with Crippen molar-refractivity contribution in [3.63, 3.8) is 0 Å². The zero-order valence-corrected chi connectivity index (χ0v) is 10.7. The minimum atomic E-state index is -0.451. The molecule has 0 saturated carbocycles. The second kappa shape index (κ2) is 5.04. The molecule has 106 valence electrons. The molecule has 0 fully saturated rings. The van der Waals surface area contributed by atoms with Crippen LogP contribution in [0.2, 0.25) is 0 Å². The number of benzene rings is 1. The number of nitrogens with one attached hydrogen (secondary N) is 1. The molecule has 0 aliphatic carbocycles. The molecule has 0 saturated heterocycles. The Bertz CT molecular complexity index is 865. The molecule has 3 rings (SSSR count). The first-order chi connectivity index (χ1) is 10.1. The van der Waals surface area contributed by atoms with Crippen LogP contribution in [0.1, 0.15) is 5.56 Å². The maximum absolute atomic E-state index is 10.6. The monoisotopic (exact) mass is 286 g/mol. The van der Waals surface area contributed by atoms with E-state index < -0.39 is 4.92 Å². The van der Waals surface area contributed by atoms with Crippen LogP contribution in [0.5, 0.6) is 0 Å². The molecule has 9 heteroatoms. The molecule has 0 amide bonds. The number of imidazole rings is 1. The van der Waals surface area contributed by atoms with E-state index >= 15 is 0 Å². The van der Waals surface area contributed by atoms with Crippen molar-refractivity contribution in [1.29, 1.82) is 0 Å². The van der Waals surface area contributed by atoms with Crippen molar-refractivity contribution < 1.29 is 10.1 Å². The first-order valence-corrected chi connectivity index (χ1v) is 5.99. The van der Waals surface area contributed by atoms with Gasteiger partial charge in [-0.2, -0.15) is 4.73 Å². The number of nitro benzene ring substituents is 1. The summed E-state index contributed by atoms with van der Waals surface area (Å²) in [4.78, 5) is 25.2. The van der Waals surface area contributed by atoms with Gasteiger partial charge in [-0.1, -0.05) is 12.1 Å². The van der Waals surface area contributed by atoms with E-state index in [-0.39, 0.29) is 5.69 Å². The number of aromatic nitrogens is 4. The zero-order valence-electron chi connectivity index (χ0n) is 10.7. The van der Waals surface area contributed by atoms with Crippen LogP contribution < -0.4 is 5.49 Å². The zero-order chi connectivity index (χ0) is 14.8. The van der Waals surface area contributed by atoms with Crippen LogP contribution >= 0.6 is 0 Å². The predicted octanol–water partition coefficient (Wildman–Crippen LogP) is 1.01. The van der Waals surface area contributed by atoms with E-state index in [9.17, 15) is 15.3 Å². The van der Waals surface area contributed by atoms with E-state index in [4.69, 9.17) is 0 Å². The van der Waals surface area contributed by atoms with Crippen molar-refractivity contribution in [1.82, 2.24) is 19.7 Å². The smallest absolute Gasteiger partial charge is 0.269 e. The topological polar surface area (TPSA) is 122 Å². The summed E-state index contributed by atoms with van der Waals surface area (Å²) in [5.41, 5.74) is 2.10. The number of fused-ring (bicyclic) bond motifs is 1. The summed E-state index contributed by atoms with van der Waals surface area (Å²) in [6, 6.07) is 6.13. The van der Waals surface area contributed by atoms with Gasteiger partial charge in [-0.15, -0.1) is 0 Å². The second-order valence-electron chi connectivity index (χ2n) is 4.25. The molecule has 21 heavy (non-hydrogen) atoms. The van der Waals surface area contributed by atoms with Crippen molar-refractivity contribution in [3.05, 3.63) is 58.1 Å². The van der Waals surface area contributed by atoms with Crippen molar-refractivity contribution in [2.75, 3.05) is 0 Å². The lowest BCUT2D eigenvalue weighted by atomic mass is 10.2. The lowest BCUT2D eigenvalue weighted by molar-refractivity contribution is -0.384. The van der Waals surface area contributed by atoms with E-state index in [1.54, 1.807) is 12.1 Å². The number of aromatic amines is 1. The van der Waals surface area contributed by atoms with Crippen molar-refractivity contribution in [3.8, 4) is 0 Å². The maximum atomic E-state index is 10.6. The minimum Gasteiger partial charge on any atom is -0.425 e. The Morgan fingerprint density at radius 3 is 2.81 bits per heavy atom. The number of nitrogens with zero attached hydrogens (tertiary/aromatic N) is 5. The molecular formula is C12H10N6O3. The lowest BCUT2D eigenvalue weighted by Gasteiger charge is -1.98. The highest BCUT2D eigenvalue weighted by Crippen LogP contribution is 2.12. The summed E-state index contributed by atoms with van der Waals surface area (Å²) in [6.07, 6.45) is 2.64. The van der Waals surface area contributed by atoms with Gasteiger partial charge in [-0.05, 0) is 5.56 Å². The van der Waals surface area contributed by atoms with Crippen molar-refractivity contribution in [2.24, 2.45) is 4.99 Å². The number of nitro groups is 1. The third-order valence-corrected chi connectivity index (χ3v) is 2.91. The third kappa shape index (κ3) is 2.43. The number of non-ortho nitro benzene ring substituents is 1. The molecule has 0 aliphatic heterocycles. The third-order valence-electron chi connectivity index (χ3n) is 2.91. The Kier molecular flexibility index (Phi) is 3.07. The molecule has 0 bridgehead atoms. The molecule has 2 heterocycles. The molecule has 1 aromatic carbocycles. The quantitative estimate of drug-likeness (QED) is 0.422. The molecule has 0 aliphatic rings. The second-order valence-corrected chi connectivity index (χ2v) is 4.25. The van der Waals surface area contributed by atoms with E-state index in [1.165, 1.54) is 24.8 Å². The summed E-state index contributed by atoms with van der Waals surface area (Å²) in [5, 5.41) is 20.1. The average Bonchev–Trinajstić information content (AvgIpc) is 2.97. The van der Waals surface area contributed by atoms with Gasteiger partial charge in [-0.3, -0.25) is 15.1 Å². The van der Waals surface area contributed by atoms with Crippen LogP contribution in [0.15, 0.2) is 41.9 Å². The van der Waals surface area contributed by atoms with Crippen molar-refractivity contribution >= 4 is 16.9 Å². The summed E-state index contributed by atoms with van der Waals surface area (Å²) in [5.74, 6) is 0. The van der Waals surface area contributed by atoms with E-state index in [0.29, 0.717) is 23.2 Å². The van der Waals surface area contributed by atoms with Crippen LogP contribution in [0.4, 0.5) is 5.69 Å². The van der Waals surface area contributed by atoms with Gasteiger partial charge < -0.3 is 10.2 Å². The van der Waals surface area contributed by atoms with Gasteiger partial charge in [0, 0.05) is 12.1 Å². The summed E-state index contributed by atoms with van der Waals surface area (Å²) >= 11 is 0. The Morgan fingerprint density at radius 1 is 1.33 bits per heavy atom. The van der Waals surface area contributed by atoms with E-state index in [2.05, 4.69) is 19.9 Å². The fourth-order valence-electron chi connectivity index (χ4n) is 1.86. The fraction of sp³-hybridized carbons (Fsp3) is 0.0833. The van der Waals surface area contributed by atoms with E-state index in [1.807, 2.05) is 0 Å². The molecule has 2 N–H and O–H groups in total. The molecular weight excluding hydrogens is 276 g/mol. The summed E-state index contributed by atoms with van der Waals surface area (Å²) in [7, 11) is 0. The van der Waals surface area contributed by atoms with Crippen LogP contribution in [0.25, 0.3) is 11.2 Å². The standard InChI is InChI=1S/C12H10N6O3/c19-17-7-16-11(10-12(17)15-6-14-10)13-5-8-1-3-9(4-2-8)18(20)21/h1-4,6-7,19H,5H2,(H,14,15).